The highest BCUT2D eigenvalue weighted by molar-refractivity contribution is 8.15. The van der Waals surface area contributed by atoms with Crippen molar-refractivity contribution in [2.45, 2.75) is 24.6 Å². The number of aliphatic imine (C=N–C) groups is 1. The van der Waals surface area contributed by atoms with E-state index in [0.29, 0.717) is 6.42 Å². The van der Waals surface area contributed by atoms with Crippen LogP contribution in [0, 0.1) is 5.92 Å². The Bertz CT molecular complexity index is 487. The van der Waals surface area contributed by atoms with E-state index < -0.39 is 6.04 Å². The Morgan fingerprint density at radius 1 is 1.63 bits per heavy atom. The van der Waals surface area contributed by atoms with Gasteiger partial charge in [0.05, 0.1) is 7.11 Å². The van der Waals surface area contributed by atoms with Crippen molar-refractivity contribution in [1.82, 2.24) is 4.98 Å². The summed E-state index contributed by atoms with van der Waals surface area (Å²) >= 11 is 2.99. The minimum Gasteiger partial charge on any atom is -0.467 e. The normalized spacial score (nSPS) is 23.8. The summed E-state index contributed by atoms with van der Waals surface area (Å²) in [5, 5.41) is 3.37. The third-order valence-corrected chi connectivity index (χ3v) is 4.95. The molecule has 0 N–H and O–H groups in total. The van der Waals surface area contributed by atoms with Crippen molar-refractivity contribution in [3.63, 3.8) is 0 Å². The molecule has 0 bridgehead atoms. The molecule has 5 nitrogen and oxygen atoms in total. The minimum atomic E-state index is -0.545. The first-order chi connectivity index (χ1) is 9.15. The zero-order valence-corrected chi connectivity index (χ0v) is 12.2. The molecule has 0 fully saturated rings. The van der Waals surface area contributed by atoms with Crippen molar-refractivity contribution >= 4 is 40.4 Å². The molecule has 0 aromatic carbocycles. The van der Waals surface area contributed by atoms with Gasteiger partial charge in [0.25, 0.3) is 0 Å². The second kappa shape index (κ2) is 6.29. The van der Waals surface area contributed by atoms with E-state index in [1.807, 2.05) is 12.3 Å². The molecule has 7 heteroatoms. The van der Waals surface area contributed by atoms with Crippen LogP contribution >= 0.6 is 23.1 Å². The Morgan fingerprint density at radius 2 is 2.42 bits per heavy atom. The van der Waals surface area contributed by atoms with Gasteiger partial charge < -0.3 is 9.53 Å². The van der Waals surface area contributed by atoms with Gasteiger partial charge in [-0.2, -0.15) is 0 Å². The van der Waals surface area contributed by atoms with Gasteiger partial charge in [-0.05, 0) is 6.42 Å². The second-order valence-electron chi connectivity index (χ2n) is 4.24. The Labute approximate surface area is 119 Å². The predicted molar refractivity (Wildman–Crippen MR) is 75.7 cm³/mol. The maximum Gasteiger partial charge on any atom is 0.331 e. The average molecular weight is 298 g/mol. The predicted octanol–water partition coefficient (Wildman–Crippen LogP) is 1.77. The smallest absolute Gasteiger partial charge is 0.331 e. The minimum absolute atomic E-state index is 0.0634. The standard InChI is InChI=1S/C12H14N2O3S2/c1-7(6-15)5-8-9(12(16)17-2)14-11(19-8)10-13-3-4-18-10/h3-4,6-9H,5H2,1-2H3. The Balaban J connectivity index is 2.17. The molecule has 3 unspecified atom stereocenters. The highest BCUT2D eigenvalue weighted by Gasteiger charge is 2.38. The van der Waals surface area contributed by atoms with Crippen molar-refractivity contribution in [2.75, 3.05) is 7.11 Å². The van der Waals surface area contributed by atoms with Crippen molar-refractivity contribution in [2.24, 2.45) is 10.9 Å². The molecule has 2 rings (SSSR count). The number of carbonyl (C=O) groups is 2. The number of esters is 1. The number of aldehydes is 1. The summed E-state index contributed by atoms with van der Waals surface area (Å²) in [6.45, 7) is 1.84. The number of nitrogens with zero attached hydrogens (tertiary/aromatic N) is 2. The summed E-state index contributed by atoms with van der Waals surface area (Å²) in [6.07, 6.45) is 3.21. The number of methoxy groups -OCH3 is 1. The molecule has 1 aliphatic heterocycles. The van der Waals surface area contributed by atoms with Crippen molar-refractivity contribution in [3.8, 4) is 0 Å². The fourth-order valence-electron chi connectivity index (χ4n) is 1.81. The first-order valence-electron chi connectivity index (χ1n) is 5.83. The van der Waals surface area contributed by atoms with Crippen LogP contribution in [-0.2, 0) is 14.3 Å². The zero-order valence-electron chi connectivity index (χ0n) is 10.6. The van der Waals surface area contributed by atoms with E-state index >= 15 is 0 Å². The van der Waals surface area contributed by atoms with Crippen LogP contribution in [0.1, 0.15) is 18.4 Å². The highest BCUT2D eigenvalue weighted by Crippen LogP contribution is 2.35. The molecule has 19 heavy (non-hydrogen) atoms. The molecule has 2 heterocycles. The molecule has 1 aromatic heterocycles. The van der Waals surface area contributed by atoms with Gasteiger partial charge in [-0.1, -0.05) is 18.7 Å². The Kier molecular flexibility index (Phi) is 4.71. The number of carbonyl (C=O) groups excluding carboxylic acids is 2. The summed E-state index contributed by atoms with van der Waals surface area (Å²) in [5.41, 5.74) is 0. The molecule has 102 valence electrons. The lowest BCUT2D eigenvalue weighted by Crippen LogP contribution is -2.29. The molecule has 0 saturated heterocycles. The molecule has 1 aliphatic rings. The Morgan fingerprint density at radius 3 is 3.00 bits per heavy atom. The van der Waals surface area contributed by atoms with E-state index in [2.05, 4.69) is 9.98 Å². The third-order valence-electron chi connectivity index (χ3n) is 2.77. The van der Waals surface area contributed by atoms with Gasteiger partial charge in [-0.25, -0.2) is 9.78 Å². The number of hydrogen-bond acceptors (Lipinski definition) is 7. The van der Waals surface area contributed by atoms with Crippen LogP contribution in [0.4, 0.5) is 0 Å². The fraction of sp³-hybridized carbons (Fsp3) is 0.500. The number of rotatable bonds is 5. The number of ether oxygens (including phenoxy) is 1. The van der Waals surface area contributed by atoms with Crippen LogP contribution in [0.5, 0.6) is 0 Å². The van der Waals surface area contributed by atoms with Crippen molar-refractivity contribution in [1.29, 1.82) is 0 Å². The van der Waals surface area contributed by atoms with E-state index in [9.17, 15) is 9.59 Å². The van der Waals surface area contributed by atoms with Crippen LogP contribution in [-0.4, -0.2) is 40.7 Å². The van der Waals surface area contributed by atoms with Crippen LogP contribution in [0.25, 0.3) is 0 Å². The van der Waals surface area contributed by atoms with E-state index in [1.165, 1.54) is 30.2 Å². The summed E-state index contributed by atoms with van der Waals surface area (Å²) in [7, 11) is 1.35. The lowest BCUT2D eigenvalue weighted by atomic mass is 10.0. The molecule has 0 saturated carbocycles. The SMILES string of the molecule is COC(=O)C1N=C(c2nccs2)SC1CC(C)C=O. The number of thioether (sulfide) groups is 1. The van der Waals surface area contributed by atoms with Crippen LogP contribution in [0.2, 0.25) is 0 Å². The topological polar surface area (TPSA) is 68.6 Å². The zero-order chi connectivity index (χ0) is 13.8. The highest BCUT2D eigenvalue weighted by atomic mass is 32.2. The molecule has 0 aliphatic carbocycles. The second-order valence-corrected chi connectivity index (χ2v) is 6.37. The largest absolute Gasteiger partial charge is 0.467 e. The lowest BCUT2D eigenvalue weighted by Gasteiger charge is -2.16. The molecular formula is C12H14N2O3S2. The fourth-order valence-corrected chi connectivity index (χ4v) is 3.94. The summed E-state index contributed by atoms with van der Waals surface area (Å²) < 4.78 is 4.78. The first kappa shape index (κ1) is 14.2. The number of hydrogen-bond donors (Lipinski definition) is 0. The lowest BCUT2D eigenvalue weighted by molar-refractivity contribution is -0.142. The molecule has 1 aromatic rings. The number of thiazole rings is 1. The van der Waals surface area contributed by atoms with Gasteiger partial charge in [0, 0.05) is 22.7 Å². The summed E-state index contributed by atoms with van der Waals surface area (Å²) in [5.74, 6) is -0.461. The van der Waals surface area contributed by atoms with Crippen LogP contribution in [0.3, 0.4) is 0 Å². The van der Waals surface area contributed by atoms with E-state index in [1.54, 1.807) is 6.20 Å². The van der Waals surface area contributed by atoms with Crippen LogP contribution < -0.4 is 0 Å². The third kappa shape index (κ3) is 3.22. The van der Waals surface area contributed by atoms with E-state index in [-0.39, 0.29) is 17.1 Å². The molecule has 0 radical (unpaired) electrons. The van der Waals surface area contributed by atoms with Gasteiger partial charge in [0.1, 0.15) is 16.3 Å². The van der Waals surface area contributed by atoms with Gasteiger partial charge in [0.2, 0.25) is 0 Å². The first-order valence-corrected chi connectivity index (χ1v) is 7.59. The van der Waals surface area contributed by atoms with Gasteiger partial charge in [0.15, 0.2) is 6.04 Å². The summed E-state index contributed by atoms with van der Waals surface area (Å²) in [6, 6.07) is -0.545. The van der Waals surface area contributed by atoms with Crippen molar-refractivity contribution in [3.05, 3.63) is 16.6 Å². The molecule has 3 atom stereocenters. The monoisotopic (exact) mass is 298 g/mol. The maximum absolute atomic E-state index is 11.8. The van der Waals surface area contributed by atoms with E-state index in [4.69, 9.17) is 4.74 Å². The summed E-state index contributed by atoms with van der Waals surface area (Å²) in [4.78, 5) is 31.1. The average Bonchev–Trinajstić information content (AvgIpc) is 3.06. The van der Waals surface area contributed by atoms with Crippen molar-refractivity contribution < 1.29 is 14.3 Å². The number of aromatic nitrogens is 1. The Hall–Kier alpha value is -1.21. The molecule has 0 spiro atoms. The van der Waals surface area contributed by atoms with Gasteiger partial charge >= 0.3 is 5.97 Å². The molecule has 0 amide bonds. The van der Waals surface area contributed by atoms with E-state index in [0.717, 1.165) is 16.3 Å². The quantitative estimate of drug-likeness (QED) is 0.612. The van der Waals surface area contributed by atoms with Gasteiger partial charge in [-0.3, -0.25) is 4.99 Å². The van der Waals surface area contributed by atoms with Gasteiger partial charge in [-0.15, -0.1) is 11.3 Å². The maximum atomic E-state index is 11.8. The van der Waals surface area contributed by atoms with Crippen LogP contribution in [0.15, 0.2) is 16.6 Å². The molecular weight excluding hydrogens is 284 g/mol.